The van der Waals surface area contributed by atoms with Gasteiger partial charge in [-0.25, -0.2) is 0 Å². The third kappa shape index (κ3) is 2.32. The van der Waals surface area contributed by atoms with E-state index in [4.69, 9.17) is 11.6 Å². The van der Waals surface area contributed by atoms with Gasteiger partial charge in [0.1, 0.15) is 0 Å². The number of alkyl halides is 1. The Labute approximate surface area is 107 Å². The highest BCUT2D eigenvalue weighted by Gasteiger charge is 2.34. The van der Waals surface area contributed by atoms with Crippen LogP contribution in [0.4, 0.5) is 0 Å². The molecule has 0 saturated carbocycles. The zero-order valence-electron chi connectivity index (χ0n) is 10.3. The molecule has 17 heavy (non-hydrogen) atoms. The molecule has 0 bridgehead atoms. The van der Waals surface area contributed by atoms with E-state index >= 15 is 0 Å². The Balaban J connectivity index is 2.05. The fourth-order valence-corrected chi connectivity index (χ4v) is 2.35. The highest BCUT2D eigenvalue weighted by Crippen LogP contribution is 2.35. The van der Waals surface area contributed by atoms with Crippen LogP contribution in [-0.2, 0) is 11.2 Å². The van der Waals surface area contributed by atoms with Crippen molar-refractivity contribution >= 4 is 17.5 Å². The van der Waals surface area contributed by atoms with Crippen LogP contribution in [0.2, 0.25) is 0 Å². The van der Waals surface area contributed by atoms with Gasteiger partial charge in [0.25, 0.3) is 0 Å². The summed E-state index contributed by atoms with van der Waals surface area (Å²) in [5.41, 5.74) is 2.16. The van der Waals surface area contributed by atoms with Crippen LogP contribution in [0.3, 0.4) is 0 Å². The molecular weight excluding hydrogens is 234 g/mol. The zero-order chi connectivity index (χ0) is 12.5. The Morgan fingerprint density at radius 2 is 2.24 bits per heavy atom. The molecule has 0 radical (unpaired) electrons. The minimum Gasteiger partial charge on any atom is -0.349 e. The Bertz CT molecular complexity index is 426. The highest BCUT2D eigenvalue weighted by molar-refractivity contribution is 6.18. The number of amides is 1. The van der Waals surface area contributed by atoms with E-state index in [1.54, 1.807) is 0 Å². The first-order chi connectivity index (χ1) is 8.09. The predicted molar refractivity (Wildman–Crippen MR) is 70.4 cm³/mol. The lowest BCUT2D eigenvalue weighted by Crippen LogP contribution is -2.50. The molecule has 1 N–H and O–H groups in total. The van der Waals surface area contributed by atoms with Crippen molar-refractivity contribution in [3.8, 4) is 0 Å². The molecule has 0 aromatic heterocycles. The molecule has 2 rings (SSSR count). The van der Waals surface area contributed by atoms with Crippen LogP contribution in [0, 0.1) is 0 Å². The molecule has 0 saturated heterocycles. The summed E-state index contributed by atoms with van der Waals surface area (Å²) >= 11 is 5.90. The average molecular weight is 252 g/mol. The predicted octanol–water partition coefficient (Wildman–Crippen LogP) is 2.85. The first-order valence-electron chi connectivity index (χ1n) is 6.05. The molecule has 92 valence electrons. The summed E-state index contributed by atoms with van der Waals surface area (Å²) in [6, 6.07) is 8.12. The van der Waals surface area contributed by atoms with E-state index in [-0.39, 0.29) is 17.4 Å². The van der Waals surface area contributed by atoms with Gasteiger partial charge in [0.15, 0.2) is 0 Å². The second-order valence-electron chi connectivity index (χ2n) is 4.99. The summed E-state index contributed by atoms with van der Waals surface area (Å²) in [5, 5.41) is 3.06. The van der Waals surface area contributed by atoms with Gasteiger partial charge in [-0.2, -0.15) is 0 Å². The van der Waals surface area contributed by atoms with E-state index in [0.717, 1.165) is 18.4 Å². The lowest BCUT2D eigenvalue weighted by Gasteiger charge is -2.34. The molecule has 2 unspecified atom stereocenters. The summed E-state index contributed by atoms with van der Waals surface area (Å²) in [4.78, 5) is 12.2. The Kier molecular flexibility index (Phi) is 3.43. The summed E-state index contributed by atoms with van der Waals surface area (Å²) in [6.45, 7) is 4.03. The van der Waals surface area contributed by atoms with Crippen LogP contribution in [0.15, 0.2) is 24.3 Å². The smallest absolute Gasteiger partial charge is 0.228 e. The highest BCUT2D eigenvalue weighted by atomic mass is 35.5. The van der Waals surface area contributed by atoms with Gasteiger partial charge < -0.3 is 5.32 Å². The number of halogens is 1. The van der Waals surface area contributed by atoms with Crippen molar-refractivity contribution in [3.63, 3.8) is 0 Å². The van der Waals surface area contributed by atoms with Crippen LogP contribution in [0.25, 0.3) is 0 Å². The maximum atomic E-state index is 12.2. The summed E-state index contributed by atoms with van der Waals surface area (Å²) in [5.74, 6) is 0.567. The zero-order valence-corrected chi connectivity index (χ0v) is 11.1. The van der Waals surface area contributed by atoms with Crippen LogP contribution < -0.4 is 5.32 Å². The van der Waals surface area contributed by atoms with Crippen molar-refractivity contribution in [3.05, 3.63) is 35.4 Å². The molecule has 3 heteroatoms. The molecule has 0 heterocycles. The number of nitrogens with one attached hydrogen (secondary N) is 1. The molecule has 2 atom stereocenters. The monoisotopic (exact) mass is 251 g/mol. The van der Waals surface area contributed by atoms with Crippen LogP contribution in [0.5, 0.6) is 0 Å². The topological polar surface area (TPSA) is 29.1 Å². The van der Waals surface area contributed by atoms with Crippen molar-refractivity contribution < 1.29 is 4.79 Å². The van der Waals surface area contributed by atoms with Crippen molar-refractivity contribution in [2.24, 2.45) is 0 Å². The normalized spacial score (nSPS) is 21.0. The van der Waals surface area contributed by atoms with Crippen molar-refractivity contribution in [2.45, 2.75) is 38.1 Å². The lowest BCUT2D eigenvalue weighted by molar-refractivity contribution is -0.124. The minimum atomic E-state index is -0.289. The maximum absolute atomic E-state index is 12.2. The van der Waals surface area contributed by atoms with E-state index in [0.29, 0.717) is 5.88 Å². The number of rotatable bonds is 4. The molecule has 1 amide bonds. The van der Waals surface area contributed by atoms with Gasteiger partial charge in [0, 0.05) is 5.88 Å². The van der Waals surface area contributed by atoms with Crippen LogP contribution >= 0.6 is 11.6 Å². The van der Waals surface area contributed by atoms with Crippen molar-refractivity contribution in [1.82, 2.24) is 5.32 Å². The lowest BCUT2D eigenvalue weighted by atomic mass is 9.76. The van der Waals surface area contributed by atoms with Gasteiger partial charge in [0.2, 0.25) is 5.91 Å². The quantitative estimate of drug-likeness (QED) is 0.820. The first kappa shape index (κ1) is 12.4. The Morgan fingerprint density at radius 1 is 1.53 bits per heavy atom. The molecule has 0 fully saturated rings. The van der Waals surface area contributed by atoms with Crippen LogP contribution in [0.1, 0.15) is 37.3 Å². The minimum absolute atomic E-state index is 0.0142. The van der Waals surface area contributed by atoms with Gasteiger partial charge in [-0.05, 0) is 30.9 Å². The van der Waals surface area contributed by atoms with Gasteiger partial charge in [-0.15, -0.1) is 11.6 Å². The third-order valence-corrected chi connectivity index (χ3v) is 4.26. The molecule has 1 aromatic carbocycles. The number of hydrogen-bond donors (Lipinski definition) is 1. The second-order valence-corrected chi connectivity index (χ2v) is 5.26. The molecule has 0 spiro atoms. The number of benzene rings is 1. The van der Waals surface area contributed by atoms with E-state index < -0.39 is 0 Å². The van der Waals surface area contributed by atoms with E-state index in [9.17, 15) is 4.79 Å². The Morgan fingerprint density at radius 3 is 2.82 bits per heavy atom. The summed E-state index contributed by atoms with van der Waals surface area (Å²) in [7, 11) is 0. The van der Waals surface area contributed by atoms with Gasteiger partial charge in [-0.3, -0.25) is 4.79 Å². The van der Waals surface area contributed by atoms with Crippen molar-refractivity contribution in [1.29, 1.82) is 0 Å². The molecule has 0 aliphatic heterocycles. The van der Waals surface area contributed by atoms with Gasteiger partial charge in [0.05, 0.1) is 11.5 Å². The first-order valence-corrected chi connectivity index (χ1v) is 6.59. The second kappa shape index (κ2) is 4.69. The molecule has 1 aromatic rings. The molecule has 1 aliphatic carbocycles. The summed E-state index contributed by atoms with van der Waals surface area (Å²) < 4.78 is 0. The number of fused-ring (bicyclic) bond motifs is 1. The fraction of sp³-hybridized carbons (Fsp3) is 0.500. The summed E-state index contributed by atoms with van der Waals surface area (Å²) in [6.07, 6.45) is 1.70. The van der Waals surface area contributed by atoms with E-state index in [2.05, 4.69) is 11.4 Å². The SMILES string of the molecule is CCC(C)(CCl)NC(=O)C1Cc2ccccc21. The largest absolute Gasteiger partial charge is 0.349 e. The van der Waals surface area contributed by atoms with Crippen LogP contribution in [-0.4, -0.2) is 17.3 Å². The van der Waals surface area contributed by atoms with Gasteiger partial charge in [-0.1, -0.05) is 31.2 Å². The fourth-order valence-electron chi connectivity index (χ4n) is 2.09. The molecule has 1 aliphatic rings. The molecule has 2 nitrogen and oxygen atoms in total. The molecular formula is C14H18ClNO. The van der Waals surface area contributed by atoms with Crippen molar-refractivity contribution in [2.75, 3.05) is 5.88 Å². The van der Waals surface area contributed by atoms with Gasteiger partial charge >= 0.3 is 0 Å². The maximum Gasteiger partial charge on any atom is 0.228 e. The average Bonchev–Trinajstić information content (AvgIpc) is 2.30. The number of carbonyl (C=O) groups is 1. The van der Waals surface area contributed by atoms with E-state index in [1.807, 2.05) is 32.0 Å². The standard InChI is InChI=1S/C14H18ClNO/c1-3-14(2,9-15)16-13(17)12-8-10-6-4-5-7-11(10)12/h4-7,12H,3,8-9H2,1-2H3,(H,16,17). The number of carbonyl (C=O) groups excluding carboxylic acids is 1. The Hall–Kier alpha value is -1.02. The number of hydrogen-bond acceptors (Lipinski definition) is 1. The third-order valence-electron chi connectivity index (χ3n) is 3.67. The van der Waals surface area contributed by atoms with E-state index in [1.165, 1.54) is 5.56 Å².